The van der Waals surface area contributed by atoms with Gasteiger partial charge < -0.3 is 14.2 Å². The minimum atomic E-state index is -0.833. The average molecular weight is 609 g/mol. The molecule has 1 atom stereocenters. The van der Waals surface area contributed by atoms with E-state index in [2.05, 4.69) is 23.2 Å². The van der Waals surface area contributed by atoms with Gasteiger partial charge in [0.05, 0.1) is 35.6 Å². The molecule has 0 fully saturated rings. The Morgan fingerprint density at radius 3 is 2.55 bits per heavy atom. The van der Waals surface area contributed by atoms with Crippen LogP contribution in [0.15, 0.2) is 106 Å². The Balaban J connectivity index is 1.46. The molecule has 5 aromatic rings. The molecule has 0 saturated heterocycles. The van der Waals surface area contributed by atoms with Gasteiger partial charge in [0.1, 0.15) is 12.4 Å². The molecule has 1 aliphatic rings. The summed E-state index contributed by atoms with van der Waals surface area (Å²) in [6.45, 7) is 3.87. The van der Waals surface area contributed by atoms with Gasteiger partial charge in [-0.3, -0.25) is 9.36 Å². The van der Waals surface area contributed by atoms with Gasteiger partial charge in [-0.15, -0.1) is 0 Å². The first-order valence-corrected chi connectivity index (χ1v) is 14.9. The second kappa shape index (κ2) is 12.3. The minimum absolute atomic E-state index is 0.160. The third-order valence-electron chi connectivity index (χ3n) is 7.47. The van der Waals surface area contributed by atoms with E-state index < -0.39 is 17.8 Å². The summed E-state index contributed by atoms with van der Waals surface area (Å²) in [5.41, 5.74) is 2.55. The van der Waals surface area contributed by atoms with E-state index in [0.29, 0.717) is 37.7 Å². The van der Waals surface area contributed by atoms with Crippen molar-refractivity contribution in [2.24, 2.45) is 4.99 Å². The molecule has 7 nitrogen and oxygen atoms in total. The second-order valence-corrected chi connectivity index (χ2v) is 11.2. The summed E-state index contributed by atoms with van der Waals surface area (Å²) >= 11 is 1.20. The maximum atomic E-state index is 14.1. The number of carbonyl (C=O) groups excluding carboxylic acids is 1. The average Bonchev–Trinajstić information content (AvgIpc) is 3.33. The molecule has 0 N–H and O–H groups in total. The van der Waals surface area contributed by atoms with Gasteiger partial charge in [0, 0.05) is 5.56 Å². The van der Waals surface area contributed by atoms with Crippen LogP contribution in [0.4, 0.5) is 4.39 Å². The molecule has 0 unspecified atom stereocenters. The molecule has 0 radical (unpaired) electrons. The van der Waals surface area contributed by atoms with Crippen molar-refractivity contribution in [3.8, 4) is 11.5 Å². The third kappa shape index (κ3) is 5.42. The highest BCUT2D eigenvalue weighted by Crippen LogP contribution is 2.34. The highest BCUT2D eigenvalue weighted by molar-refractivity contribution is 7.07. The van der Waals surface area contributed by atoms with Gasteiger partial charge in [0.25, 0.3) is 5.56 Å². The normalized spacial score (nSPS) is 14.7. The SMILES string of the molecule is CCOC(=O)C1=C(C)N=c2s/c(=C\c3cccc(OC)c3OCc3cccc4ccccc34)c(=O)n2[C@@H]1c1ccc(F)cc1. The van der Waals surface area contributed by atoms with Crippen LogP contribution in [0.2, 0.25) is 0 Å². The second-order valence-electron chi connectivity index (χ2n) is 10.2. The van der Waals surface area contributed by atoms with Crippen LogP contribution in [-0.4, -0.2) is 24.3 Å². The number of carbonyl (C=O) groups is 1. The molecular formula is C35H29FN2O5S. The van der Waals surface area contributed by atoms with E-state index in [9.17, 15) is 14.0 Å². The first kappa shape index (κ1) is 29.1. The zero-order valence-corrected chi connectivity index (χ0v) is 25.2. The van der Waals surface area contributed by atoms with Crippen molar-refractivity contribution in [1.82, 2.24) is 4.57 Å². The molecule has 222 valence electrons. The molecule has 6 rings (SSSR count). The Labute approximate surface area is 256 Å². The molecule has 1 aromatic heterocycles. The zero-order valence-electron chi connectivity index (χ0n) is 24.4. The van der Waals surface area contributed by atoms with Gasteiger partial charge in [-0.2, -0.15) is 0 Å². The van der Waals surface area contributed by atoms with E-state index in [1.54, 1.807) is 45.2 Å². The Morgan fingerprint density at radius 1 is 1.02 bits per heavy atom. The number of aromatic nitrogens is 1. The van der Waals surface area contributed by atoms with Gasteiger partial charge in [-0.05, 0) is 60.0 Å². The van der Waals surface area contributed by atoms with E-state index in [-0.39, 0.29) is 24.3 Å². The number of esters is 1. The number of hydrogen-bond donors (Lipinski definition) is 0. The maximum Gasteiger partial charge on any atom is 0.338 e. The van der Waals surface area contributed by atoms with Crippen LogP contribution in [0, 0.1) is 5.82 Å². The van der Waals surface area contributed by atoms with E-state index in [4.69, 9.17) is 14.2 Å². The van der Waals surface area contributed by atoms with Crippen molar-refractivity contribution in [2.45, 2.75) is 26.5 Å². The van der Waals surface area contributed by atoms with Crippen molar-refractivity contribution in [1.29, 1.82) is 0 Å². The summed E-state index contributed by atoms with van der Waals surface area (Å²) in [5.74, 6) is 0.0199. The molecule has 0 aliphatic carbocycles. The van der Waals surface area contributed by atoms with E-state index in [1.807, 2.05) is 36.4 Å². The van der Waals surface area contributed by atoms with Crippen LogP contribution in [0.25, 0.3) is 16.8 Å². The molecule has 0 saturated carbocycles. The van der Waals surface area contributed by atoms with Gasteiger partial charge in [0.15, 0.2) is 16.3 Å². The fourth-order valence-electron chi connectivity index (χ4n) is 5.42. The number of hydrogen-bond acceptors (Lipinski definition) is 7. The summed E-state index contributed by atoms with van der Waals surface area (Å²) in [4.78, 5) is 32.2. The van der Waals surface area contributed by atoms with Crippen LogP contribution in [-0.2, 0) is 16.1 Å². The van der Waals surface area contributed by atoms with Gasteiger partial charge >= 0.3 is 5.97 Å². The predicted molar refractivity (Wildman–Crippen MR) is 168 cm³/mol. The van der Waals surface area contributed by atoms with E-state index >= 15 is 0 Å². The highest BCUT2D eigenvalue weighted by Gasteiger charge is 2.33. The fraction of sp³-hybridized carbons (Fsp3) is 0.171. The lowest BCUT2D eigenvalue weighted by Gasteiger charge is -2.24. The molecule has 0 spiro atoms. The van der Waals surface area contributed by atoms with Crippen molar-refractivity contribution in [2.75, 3.05) is 13.7 Å². The summed E-state index contributed by atoms with van der Waals surface area (Å²) in [5, 5.41) is 2.21. The number of rotatable bonds is 8. The van der Waals surface area contributed by atoms with Gasteiger partial charge in [-0.25, -0.2) is 14.2 Å². The van der Waals surface area contributed by atoms with E-state index in [0.717, 1.165) is 16.3 Å². The maximum absolute atomic E-state index is 14.1. The first-order chi connectivity index (χ1) is 21.4. The summed E-state index contributed by atoms with van der Waals surface area (Å²) in [6, 6.07) is 24.6. The van der Waals surface area contributed by atoms with Crippen LogP contribution < -0.4 is 24.4 Å². The largest absolute Gasteiger partial charge is 0.493 e. The standard InChI is InChI=1S/C35H29FN2O5S/c1-4-42-34(40)30-21(2)37-35-38(31(30)23-15-17-26(36)18-16-23)33(39)29(44-35)19-24-11-8-14-28(41-3)32(24)43-20-25-12-7-10-22-9-5-6-13-27(22)25/h5-19,31H,4,20H2,1-3H3/b29-19-/t31-/m1/s1. The molecule has 0 amide bonds. The van der Waals surface area contributed by atoms with Crippen molar-refractivity contribution in [3.05, 3.63) is 138 Å². The number of nitrogens with zero attached hydrogens (tertiary/aromatic N) is 2. The lowest BCUT2D eigenvalue weighted by atomic mass is 9.96. The molecular weight excluding hydrogens is 579 g/mol. The Kier molecular flexibility index (Phi) is 8.13. The quantitative estimate of drug-likeness (QED) is 0.212. The molecule has 4 aromatic carbocycles. The van der Waals surface area contributed by atoms with Gasteiger partial charge in [0.2, 0.25) is 0 Å². The van der Waals surface area contributed by atoms with Gasteiger partial charge in [-0.1, -0.05) is 78.1 Å². The van der Waals surface area contributed by atoms with Crippen LogP contribution >= 0.6 is 11.3 Å². The van der Waals surface area contributed by atoms with E-state index in [1.165, 1.54) is 28.0 Å². The van der Waals surface area contributed by atoms with Crippen molar-refractivity contribution in [3.63, 3.8) is 0 Å². The monoisotopic (exact) mass is 608 g/mol. The smallest absolute Gasteiger partial charge is 0.338 e. The number of fused-ring (bicyclic) bond motifs is 2. The predicted octanol–water partition coefficient (Wildman–Crippen LogP) is 5.68. The minimum Gasteiger partial charge on any atom is -0.493 e. The third-order valence-corrected chi connectivity index (χ3v) is 8.45. The number of ether oxygens (including phenoxy) is 3. The lowest BCUT2D eigenvalue weighted by molar-refractivity contribution is -0.139. The Morgan fingerprint density at radius 2 is 1.77 bits per heavy atom. The fourth-order valence-corrected chi connectivity index (χ4v) is 6.46. The number of para-hydroxylation sites is 1. The first-order valence-electron chi connectivity index (χ1n) is 14.1. The Hall–Kier alpha value is -5.02. The highest BCUT2D eigenvalue weighted by atomic mass is 32.1. The molecule has 1 aliphatic heterocycles. The van der Waals surface area contributed by atoms with Crippen LogP contribution in [0.1, 0.15) is 36.6 Å². The summed E-state index contributed by atoms with van der Waals surface area (Å²) < 4.78 is 33.1. The number of benzene rings is 4. The van der Waals surface area contributed by atoms with Crippen molar-refractivity contribution >= 4 is 34.2 Å². The summed E-state index contributed by atoms with van der Waals surface area (Å²) in [6.07, 6.45) is 1.75. The summed E-state index contributed by atoms with van der Waals surface area (Å²) in [7, 11) is 1.57. The Bertz CT molecular complexity index is 2090. The number of allylic oxidation sites excluding steroid dienone is 1. The number of thiazole rings is 1. The molecule has 44 heavy (non-hydrogen) atoms. The molecule has 0 bridgehead atoms. The van der Waals surface area contributed by atoms with Crippen LogP contribution in [0.3, 0.4) is 0 Å². The molecule has 9 heteroatoms. The van der Waals surface area contributed by atoms with Crippen LogP contribution in [0.5, 0.6) is 11.5 Å². The molecule has 2 heterocycles. The zero-order chi connectivity index (χ0) is 30.8. The topological polar surface area (TPSA) is 79.1 Å². The van der Waals surface area contributed by atoms with Crippen molar-refractivity contribution < 1.29 is 23.4 Å². The number of methoxy groups -OCH3 is 1. The lowest BCUT2D eigenvalue weighted by Crippen LogP contribution is -2.39. The number of halogens is 1.